The van der Waals surface area contributed by atoms with Gasteiger partial charge < -0.3 is 19.9 Å². The lowest BCUT2D eigenvalue weighted by Crippen LogP contribution is -2.24. The van der Waals surface area contributed by atoms with Gasteiger partial charge in [0.1, 0.15) is 12.3 Å². The molecule has 130 valence electrons. The van der Waals surface area contributed by atoms with Crippen LogP contribution in [0.25, 0.3) is 6.08 Å². The van der Waals surface area contributed by atoms with E-state index in [1.807, 2.05) is 13.8 Å². The van der Waals surface area contributed by atoms with Gasteiger partial charge in [-0.25, -0.2) is 4.79 Å². The molecule has 6 nitrogen and oxygen atoms in total. The van der Waals surface area contributed by atoms with Gasteiger partial charge in [-0.2, -0.15) is 0 Å². The molecule has 0 radical (unpaired) electrons. The van der Waals surface area contributed by atoms with E-state index in [0.29, 0.717) is 30.3 Å². The summed E-state index contributed by atoms with van der Waals surface area (Å²) in [5.74, 6) is -0.593. The van der Waals surface area contributed by atoms with Gasteiger partial charge in [-0.05, 0) is 65.8 Å². The van der Waals surface area contributed by atoms with Gasteiger partial charge in [-0.1, -0.05) is 6.58 Å². The van der Waals surface area contributed by atoms with Gasteiger partial charge in [0, 0.05) is 6.92 Å². The first-order valence-electron chi connectivity index (χ1n) is 7.20. The molecular weight excluding hydrogens is 425 g/mol. The quantitative estimate of drug-likeness (QED) is 0.365. The first-order valence-corrected chi connectivity index (χ1v) is 8.28. The molecule has 0 heterocycles. The molecular formula is C17H20INO5. The highest BCUT2D eigenvalue weighted by Gasteiger charge is 2.14. The minimum absolute atomic E-state index is 0.212. The molecule has 0 unspecified atom stereocenters. The van der Waals surface area contributed by atoms with E-state index >= 15 is 0 Å². The molecule has 0 aliphatic heterocycles. The Morgan fingerprint density at radius 2 is 2.00 bits per heavy atom. The zero-order valence-electron chi connectivity index (χ0n) is 13.8. The number of carbonyl (C=O) groups excluding carboxylic acids is 1. The van der Waals surface area contributed by atoms with Crippen molar-refractivity contribution in [2.75, 3.05) is 13.2 Å². The maximum Gasteiger partial charge on any atom is 0.352 e. The van der Waals surface area contributed by atoms with Crippen LogP contribution >= 0.6 is 22.6 Å². The van der Waals surface area contributed by atoms with E-state index in [1.165, 1.54) is 13.0 Å². The number of carbonyl (C=O) groups is 2. The fourth-order valence-corrected chi connectivity index (χ4v) is 2.56. The molecule has 0 aromatic heterocycles. The van der Waals surface area contributed by atoms with Crippen molar-refractivity contribution in [3.8, 4) is 11.5 Å². The number of benzene rings is 1. The summed E-state index contributed by atoms with van der Waals surface area (Å²) >= 11 is 2.09. The van der Waals surface area contributed by atoms with Crippen LogP contribution in [0.15, 0.2) is 30.0 Å². The summed E-state index contributed by atoms with van der Waals surface area (Å²) in [6.45, 7) is 9.54. The van der Waals surface area contributed by atoms with Gasteiger partial charge >= 0.3 is 5.97 Å². The van der Waals surface area contributed by atoms with Crippen molar-refractivity contribution < 1.29 is 24.2 Å². The number of aliphatic carboxylic acids is 1. The Balaban J connectivity index is 3.28. The highest BCUT2D eigenvalue weighted by atomic mass is 127. The molecule has 24 heavy (non-hydrogen) atoms. The van der Waals surface area contributed by atoms with E-state index < -0.39 is 11.9 Å². The predicted octanol–water partition coefficient (Wildman–Crippen LogP) is 3.21. The second kappa shape index (κ2) is 9.31. The van der Waals surface area contributed by atoms with Crippen LogP contribution in [0.1, 0.15) is 26.3 Å². The topological polar surface area (TPSA) is 84.9 Å². The zero-order valence-corrected chi connectivity index (χ0v) is 16.0. The number of amides is 1. The normalized spacial score (nSPS) is 10.9. The molecule has 1 aromatic rings. The molecule has 1 rings (SSSR count). The van der Waals surface area contributed by atoms with Gasteiger partial charge in [0.2, 0.25) is 5.91 Å². The van der Waals surface area contributed by atoms with E-state index in [-0.39, 0.29) is 5.70 Å². The molecule has 0 saturated carbocycles. The average molecular weight is 445 g/mol. The number of ether oxygens (including phenoxy) is 2. The molecule has 0 fully saturated rings. The Morgan fingerprint density at radius 3 is 2.50 bits per heavy atom. The van der Waals surface area contributed by atoms with Crippen molar-refractivity contribution in [3.63, 3.8) is 0 Å². The predicted molar refractivity (Wildman–Crippen MR) is 100 cm³/mol. The lowest BCUT2D eigenvalue weighted by Gasteiger charge is -2.15. The summed E-state index contributed by atoms with van der Waals surface area (Å²) < 4.78 is 12.1. The Kier molecular flexibility index (Phi) is 7.76. The molecule has 0 spiro atoms. The second-order valence-electron chi connectivity index (χ2n) is 5.05. The molecule has 0 bridgehead atoms. The number of hydrogen-bond acceptors (Lipinski definition) is 4. The van der Waals surface area contributed by atoms with Crippen LogP contribution in [0.4, 0.5) is 0 Å². The number of nitrogens with one attached hydrogen (secondary N) is 1. The zero-order chi connectivity index (χ0) is 18.3. The maximum absolute atomic E-state index is 11.2. The monoisotopic (exact) mass is 445 g/mol. The lowest BCUT2D eigenvalue weighted by molar-refractivity contribution is -0.134. The van der Waals surface area contributed by atoms with E-state index in [2.05, 4.69) is 34.5 Å². The first kappa shape index (κ1) is 20.0. The smallest absolute Gasteiger partial charge is 0.352 e. The van der Waals surface area contributed by atoms with Gasteiger partial charge in [-0.15, -0.1) is 0 Å². The largest absolute Gasteiger partial charge is 0.490 e. The Hall–Kier alpha value is -2.03. The molecule has 1 amide bonds. The summed E-state index contributed by atoms with van der Waals surface area (Å²) in [7, 11) is 0. The Bertz CT molecular complexity index is 682. The first-order chi connectivity index (χ1) is 11.2. The van der Waals surface area contributed by atoms with Crippen LogP contribution in [0, 0.1) is 3.57 Å². The number of rotatable bonds is 8. The molecule has 7 heteroatoms. The van der Waals surface area contributed by atoms with Gasteiger partial charge in [-0.3, -0.25) is 4.79 Å². The van der Waals surface area contributed by atoms with Crippen molar-refractivity contribution in [2.45, 2.75) is 20.8 Å². The Morgan fingerprint density at radius 1 is 1.33 bits per heavy atom. The average Bonchev–Trinajstić information content (AvgIpc) is 2.45. The number of carboxylic acid groups (broad SMARTS) is 1. The number of halogens is 1. The van der Waals surface area contributed by atoms with E-state index in [9.17, 15) is 14.7 Å². The van der Waals surface area contributed by atoms with E-state index in [1.54, 1.807) is 12.1 Å². The van der Waals surface area contributed by atoms with Crippen LogP contribution in [-0.2, 0) is 9.59 Å². The summed E-state index contributed by atoms with van der Waals surface area (Å²) in [5.41, 5.74) is 1.24. The van der Waals surface area contributed by atoms with E-state index in [0.717, 1.165) is 9.14 Å². The molecule has 2 N–H and O–H groups in total. The second-order valence-corrected chi connectivity index (χ2v) is 6.22. The molecule has 0 aliphatic carbocycles. The highest BCUT2D eigenvalue weighted by Crippen LogP contribution is 2.35. The third kappa shape index (κ3) is 6.23. The van der Waals surface area contributed by atoms with Crippen molar-refractivity contribution in [1.82, 2.24) is 5.32 Å². The van der Waals surface area contributed by atoms with Crippen molar-refractivity contribution in [1.29, 1.82) is 0 Å². The van der Waals surface area contributed by atoms with E-state index in [4.69, 9.17) is 9.47 Å². The maximum atomic E-state index is 11.2. The van der Waals surface area contributed by atoms with Crippen LogP contribution in [0.5, 0.6) is 11.5 Å². The number of carboxylic acids is 1. The minimum Gasteiger partial charge on any atom is -0.490 e. The minimum atomic E-state index is -1.22. The third-order valence-electron chi connectivity index (χ3n) is 2.65. The van der Waals surface area contributed by atoms with Crippen LogP contribution in [-0.4, -0.2) is 30.2 Å². The van der Waals surface area contributed by atoms with Crippen LogP contribution in [0.2, 0.25) is 0 Å². The van der Waals surface area contributed by atoms with Crippen molar-refractivity contribution in [2.24, 2.45) is 0 Å². The number of hydrogen-bond donors (Lipinski definition) is 2. The van der Waals surface area contributed by atoms with Gasteiger partial charge in [0.25, 0.3) is 0 Å². The summed E-state index contributed by atoms with van der Waals surface area (Å²) in [6.07, 6.45) is 1.37. The Labute approximate surface area is 154 Å². The van der Waals surface area contributed by atoms with Gasteiger partial charge in [0.15, 0.2) is 11.5 Å². The molecule has 0 saturated heterocycles. The highest BCUT2D eigenvalue weighted by molar-refractivity contribution is 14.1. The SMILES string of the molecule is C=C(C)COc1c(I)cc(/C=C(/NC(C)=O)C(=O)O)cc1OCC. The summed E-state index contributed by atoms with van der Waals surface area (Å²) in [4.78, 5) is 22.3. The molecule has 0 aliphatic rings. The summed E-state index contributed by atoms with van der Waals surface area (Å²) in [6, 6.07) is 3.42. The third-order valence-corrected chi connectivity index (χ3v) is 3.45. The summed E-state index contributed by atoms with van der Waals surface area (Å²) in [5, 5.41) is 11.5. The van der Waals surface area contributed by atoms with Gasteiger partial charge in [0.05, 0.1) is 10.2 Å². The molecule has 1 aromatic carbocycles. The fraction of sp³-hybridized carbons (Fsp3) is 0.294. The van der Waals surface area contributed by atoms with Crippen molar-refractivity contribution >= 4 is 40.5 Å². The van der Waals surface area contributed by atoms with Crippen LogP contribution < -0.4 is 14.8 Å². The van der Waals surface area contributed by atoms with Crippen LogP contribution in [0.3, 0.4) is 0 Å². The lowest BCUT2D eigenvalue weighted by atomic mass is 10.1. The standard InChI is InChI=1S/C17H20INO5/c1-5-23-15-8-12(7-14(17(21)22)19-11(4)20)6-13(18)16(15)24-9-10(2)3/h6-8H,2,5,9H2,1,3-4H3,(H,19,20)(H,21,22)/b14-7+. The molecule has 0 atom stereocenters. The fourth-order valence-electron chi connectivity index (χ4n) is 1.78. The van der Waals surface area contributed by atoms with Crippen molar-refractivity contribution in [3.05, 3.63) is 39.1 Å².